The lowest BCUT2D eigenvalue weighted by Gasteiger charge is -2.33. The van der Waals surface area contributed by atoms with Crippen LogP contribution in [0, 0.1) is 0 Å². The second-order valence-corrected chi connectivity index (χ2v) is 4.95. The van der Waals surface area contributed by atoms with E-state index in [1.165, 1.54) is 7.11 Å². The number of ether oxygens (including phenoxy) is 2. The zero-order valence-corrected chi connectivity index (χ0v) is 10.5. The Morgan fingerprint density at radius 2 is 2.24 bits per heavy atom. The van der Waals surface area contributed by atoms with Crippen molar-refractivity contribution in [3.05, 3.63) is 0 Å². The molecule has 1 amide bonds. The normalized spacial score (nSPS) is 27.2. The van der Waals surface area contributed by atoms with E-state index in [9.17, 15) is 4.79 Å². The molecule has 0 aromatic carbocycles. The Bertz CT molecular complexity index is 264. The molecule has 2 aliphatic heterocycles. The monoisotopic (exact) mass is 242 g/mol. The van der Waals surface area contributed by atoms with E-state index in [2.05, 4.69) is 10.6 Å². The fourth-order valence-electron chi connectivity index (χ4n) is 2.70. The third-order valence-electron chi connectivity index (χ3n) is 3.66. The largest absolute Gasteiger partial charge is 0.375 e. The Balaban J connectivity index is 1.72. The summed E-state index contributed by atoms with van der Waals surface area (Å²) in [5.74, 6) is -0.0673. The van der Waals surface area contributed by atoms with Crippen LogP contribution in [0.15, 0.2) is 0 Å². The van der Waals surface area contributed by atoms with Crippen LogP contribution in [0.2, 0.25) is 0 Å². The van der Waals surface area contributed by atoms with Crippen molar-refractivity contribution in [3.8, 4) is 0 Å². The SMILES string of the molecule is COCC(=O)NC[C@H]1CCC2(CCNCC2)O1. The lowest BCUT2D eigenvalue weighted by Crippen LogP contribution is -2.43. The molecule has 2 heterocycles. The van der Waals surface area contributed by atoms with Gasteiger partial charge in [0.2, 0.25) is 5.91 Å². The maximum Gasteiger partial charge on any atom is 0.246 e. The number of piperidine rings is 1. The summed E-state index contributed by atoms with van der Waals surface area (Å²) in [7, 11) is 1.52. The number of carbonyl (C=O) groups is 1. The van der Waals surface area contributed by atoms with E-state index in [4.69, 9.17) is 9.47 Å². The number of nitrogens with one attached hydrogen (secondary N) is 2. The minimum atomic E-state index is -0.0673. The van der Waals surface area contributed by atoms with Gasteiger partial charge in [0.25, 0.3) is 0 Å². The van der Waals surface area contributed by atoms with E-state index in [0.717, 1.165) is 38.8 Å². The zero-order chi connectivity index (χ0) is 12.1. The number of methoxy groups -OCH3 is 1. The van der Waals surface area contributed by atoms with E-state index in [-0.39, 0.29) is 24.2 Å². The Morgan fingerprint density at radius 1 is 1.47 bits per heavy atom. The van der Waals surface area contributed by atoms with Crippen LogP contribution in [-0.2, 0) is 14.3 Å². The van der Waals surface area contributed by atoms with Crippen LogP contribution in [0.5, 0.6) is 0 Å². The molecule has 0 saturated carbocycles. The maximum atomic E-state index is 11.3. The second-order valence-electron chi connectivity index (χ2n) is 4.95. The van der Waals surface area contributed by atoms with E-state index in [1.807, 2.05) is 0 Å². The Labute approximate surface area is 102 Å². The van der Waals surface area contributed by atoms with Crippen LogP contribution in [0.4, 0.5) is 0 Å². The fourth-order valence-corrected chi connectivity index (χ4v) is 2.70. The minimum Gasteiger partial charge on any atom is -0.375 e. The first kappa shape index (κ1) is 12.8. The van der Waals surface area contributed by atoms with Crippen molar-refractivity contribution in [2.24, 2.45) is 0 Å². The summed E-state index contributed by atoms with van der Waals surface area (Å²) in [5, 5.41) is 6.19. The van der Waals surface area contributed by atoms with Gasteiger partial charge in [0.15, 0.2) is 0 Å². The summed E-state index contributed by atoms with van der Waals surface area (Å²) < 4.78 is 10.9. The number of hydrogen-bond acceptors (Lipinski definition) is 4. The molecule has 1 atom stereocenters. The summed E-state index contributed by atoms with van der Waals surface area (Å²) in [6.07, 6.45) is 4.53. The molecule has 98 valence electrons. The fraction of sp³-hybridized carbons (Fsp3) is 0.917. The highest BCUT2D eigenvalue weighted by atomic mass is 16.5. The summed E-state index contributed by atoms with van der Waals surface area (Å²) in [5.41, 5.74) is 0.0852. The molecule has 2 saturated heterocycles. The van der Waals surface area contributed by atoms with E-state index >= 15 is 0 Å². The van der Waals surface area contributed by atoms with Gasteiger partial charge in [-0.25, -0.2) is 0 Å². The number of amides is 1. The quantitative estimate of drug-likeness (QED) is 0.731. The predicted octanol–water partition coefficient (Wildman–Crippen LogP) is 0.0502. The maximum absolute atomic E-state index is 11.3. The molecule has 2 N–H and O–H groups in total. The van der Waals surface area contributed by atoms with Crippen LogP contribution in [-0.4, -0.2) is 51.0 Å². The lowest BCUT2D eigenvalue weighted by atomic mass is 9.89. The van der Waals surface area contributed by atoms with Gasteiger partial charge in [-0.15, -0.1) is 0 Å². The topological polar surface area (TPSA) is 59.6 Å². The summed E-state index contributed by atoms with van der Waals surface area (Å²) in [6.45, 7) is 2.82. The van der Waals surface area contributed by atoms with Gasteiger partial charge in [-0.1, -0.05) is 0 Å². The molecular weight excluding hydrogens is 220 g/mol. The molecule has 1 spiro atoms. The molecule has 2 rings (SSSR count). The third-order valence-corrected chi connectivity index (χ3v) is 3.66. The average Bonchev–Trinajstić information content (AvgIpc) is 2.71. The zero-order valence-electron chi connectivity index (χ0n) is 10.5. The van der Waals surface area contributed by atoms with Crippen LogP contribution >= 0.6 is 0 Å². The second kappa shape index (κ2) is 5.80. The van der Waals surface area contributed by atoms with Crippen molar-refractivity contribution in [3.63, 3.8) is 0 Å². The molecular formula is C12H22N2O3. The lowest BCUT2D eigenvalue weighted by molar-refractivity contribution is -0.126. The highest BCUT2D eigenvalue weighted by Crippen LogP contribution is 2.36. The van der Waals surface area contributed by atoms with Gasteiger partial charge in [-0.05, 0) is 38.8 Å². The minimum absolute atomic E-state index is 0.0673. The van der Waals surface area contributed by atoms with Crippen molar-refractivity contribution in [1.29, 1.82) is 0 Å². The number of hydrogen-bond donors (Lipinski definition) is 2. The van der Waals surface area contributed by atoms with E-state index in [1.54, 1.807) is 0 Å². The van der Waals surface area contributed by atoms with Crippen LogP contribution in [0.3, 0.4) is 0 Å². The van der Waals surface area contributed by atoms with E-state index < -0.39 is 0 Å². The van der Waals surface area contributed by atoms with Crippen molar-refractivity contribution < 1.29 is 14.3 Å². The van der Waals surface area contributed by atoms with Gasteiger partial charge in [-0.3, -0.25) is 4.79 Å². The smallest absolute Gasteiger partial charge is 0.246 e. The van der Waals surface area contributed by atoms with Gasteiger partial charge in [0, 0.05) is 13.7 Å². The number of carbonyl (C=O) groups excluding carboxylic acids is 1. The molecule has 0 unspecified atom stereocenters. The van der Waals surface area contributed by atoms with Crippen molar-refractivity contribution in [2.45, 2.75) is 37.4 Å². The predicted molar refractivity (Wildman–Crippen MR) is 63.8 cm³/mol. The highest BCUT2D eigenvalue weighted by Gasteiger charge is 2.40. The average molecular weight is 242 g/mol. The van der Waals surface area contributed by atoms with Crippen LogP contribution < -0.4 is 10.6 Å². The van der Waals surface area contributed by atoms with Gasteiger partial charge in [-0.2, -0.15) is 0 Å². The van der Waals surface area contributed by atoms with Gasteiger partial charge >= 0.3 is 0 Å². The van der Waals surface area contributed by atoms with Crippen LogP contribution in [0.1, 0.15) is 25.7 Å². The van der Waals surface area contributed by atoms with Crippen molar-refractivity contribution in [2.75, 3.05) is 33.4 Å². The third kappa shape index (κ3) is 3.40. The molecule has 5 nitrogen and oxygen atoms in total. The molecule has 5 heteroatoms. The highest BCUT2D eigenvalue weighted by molar-refractivity contribution is 5.77. The molecule has 0 aromatic heterocycles. The molecule has 0 aromatic rings. The first-order chi connectivity index (χ1) is 8.24. The summed E-state index contributed by atoms with van der Waals surface area (Å²) >= 11 is 0. The standard InChI is InChI=1S/C12H22N2O3/c1-16-9-11(15)14-8-10-2-3-12(17-10)4-6-13-7-5-12/h10,13H,2-9H2,1H3,(H,14,15)/t10-/m1/s1. The first-order valence-corrected chi connectivity index (χ1v) is 6.38. The summed E-state index contributed by atoms with van der Waals surface area (Å²) in [4.78, 5) is 11.3. The molecule has 0 radical (unpaired) electrons. The van der Waals surface area contributed by atoms with Crippen LogP contribution in [0.25, 0.3) is 0 Å². The first-order valence-electron chi connectivity index (χ1n) is 6.38. The molecule has 0 bridgehead atoms. The molecule has 0 aliphatic carbocycles. The molecule has 17 heavy (non-hydrogen) atoms. The van der Waals surface area contributed by atoms with Crippen molar-refractivity contribution >= 4 is 5.91 Å². The van der Waals surface area contributed by atoms with E-state index in [0.29, 0.717) is 6.54 Å². The van der Waals surface area contributed by atoms with Crippen molar-refractivity contribution in [1.82, 2.24) is 10.6 Å². The molecule has 2 aliphatic rings. The number of rotatable bonds is 4. The Hall–Kier alpha value is -0.650. The molecule has 2 fully saturated rings. The summed E-state index contributed by atoms with van der Waals surface area (Å²) in [6, 6.07) is 0. The Kier molecular flexibility index (Phi) is 4.36. The Morgan fingerprint density at radius 3 is 2.94 bits per heavy atom. The van der Waals surface area contributed by atoms with Gasteiger partial charge < -0.3 is 20.1 Å². The van der Waals surface area contributed by atoms with Gasteiger partial charge in [0.1, 0.15) is 6.61 Å². The van der Waals surface area contributed by atoms with Gasteiger partial charge in [0.05, 0.1) is 11.7 Å².